The number of nitrogens with zero attached hydrogens (tertiary/aromatic N) is 4. The molecule has 2 saturated heterocycles. The predicted molar refractivity (Wildman–Crippen MR) is 106 cm³/mol. The topological polar surface area (TPSA) is 148 Å². The molecular formula is C19H30N4O8. The lowest BCUT2D eigenvalue weighted by atomic mass is 10.1. The highest BCUT2D eigenvalue weighted by atomic mass is 16.6. The van der Waals surface area contributed by atoms with E-state index in [0.717, 1.165) is 6.29 Å². The highest BCUT2D eigenvalue weighted by Crippen LogP contribution is 2.17. The van der Waals surface area contributed by atoms with Crippen molar-refractivity contribution in [2.45, 2.75) is 18.9 Å². The summed E-state index contributed by atoms with van der Waals surface area (Å²) in [5.74, 6) is -3.13. The van der Waals surface area contributed by atoms with Crippen molar-refractivity contribution in [2.75, 3.05) is 72.0 Å². The first-order valence-corrected chi connectivity index (χ1v) is 10.3. The maximum Gasteiger partial charge on any atom is 0.317 e. The lowest BCUT2D eigenvalue weighted by Crippen LogP contribution is -2.51. The largest absolute Gasteiger partial charge is 0.480 e. The van der Waals surface area contributed by atoms with E-state index in [9.17, 15) is 34.2 Å². The summed E-state index contributed by atoms with van der Waals surface area (Å²) in [4.78, 5) is 64.4. The van der Waals surface area contributed by atoms with Gasteiger partial charge in [0, 0.05) is 58.4 Å². The van der Waals surface area contributed by atoms with Crippen LogP contribution in [0, 0.1) is 0 Å². The van der Waals surface area contributed by atoms with Crippen LogP contribution in [0.4, 0.5) is 0 Å². The average Bonchev–Trinajstić information content (AvgIpc) is 2.66. The van der Waals surface area contributed by atoms with E-state index in [1.165, 1.54) is 0 Å². The smallest absolute Gasteiger partial charge is 0.317 e. The summed E-state index contributed by atoms with van der Waals surface area (Å²) in [6.45, 7) is 3.19. The SMILES string of the molecule is O=CCN1CCN(CC(=O)O)CCN(C2CC(=O)OC(=O)C2)CCN(CC(=O)O)CC1. The normalized spacial score (nSPS) is 22.3. The summed E-state index contributed by atoms with van der Waals surface area (Å²) in [7, 11) is 0. The molecule has 0 radical (unpaired) electrons. The number of carbonyl (C=O) groups excluding carboxylic acids is 3. The maximum absolute atomic E-state index is 11.7. The Labute approximate surface area is 180 Å². The fourth-order valence-corrected chi connectivity index (χ4v) is 3.83. The van der Waals surface area contributed by atoms with Crippen molar-refractivity contribution in [3.8, 4) is 0 Å². The van der Waals surface area contributed by atoms with Gasteiger partial charge in [0.2, 0.25) is 0 Å². The van der Waals surface area contributed by atoms with Gasteiger partial charge >= 0.3 is 23.9 Å². The van der Waals surface area contributed by atoms with Crippen LogP contribution in [-0.2, 0) is 28.7 Å². The summed E-state index contributed by atoms with van der Waals surface area (Å²) in [6.07, 6.45) is 0.878. The van der Waals surface area contributed by atoms with Crippen LogP contribution < -0.4 is 0 Å². The average molecular weight is 442 g/mol. The van der Waals surface area contributed by atoms with E-state index >= 15 is 0 Å². The number of ether oxygens (including phenoxy) is 1. The Balaban J connectivity index is 2.17. The minimum absolute atomic E-state index is 0.0523. The molecule has 2 rings (SSSR count). The molecule has 12 heteroatoms. The van der Waals surface area contributed by atoms with Crippen molar-refractivity contribution in [1.29, 1.82) is 0 Å². The van der Waals surface area contributed by atoms with Gasteiger partial charge in [-0.05, 0) is 0 Å². The Morgan fingerprint density at radius 3 is 1.65 bits per heavy atom. The van der Waals surface area contributed by atoms with E-state index in [1.807, 2.05) is 9.80 Å². The van der Waals surface area contributed by atoms with Crippen LogP contribution in [0.15, 0.2) is 0 Å². The van der Waals surface area contributed by atoms with Gasteiger partial charge in [-0.15, -0.1) is 0 Å². The zero-order valence-corrected chi connectivity index (χ0v) is 17.5. The van der Waals surface area contributed by atoms with Gasteiger partial charge in [0.15, 0.2) is 0 Å². The van der Waals surface area contributed by atoms with Crippen LogP contribution in [0.1, 0.15) is 12.8 Å². The van der Waals surface area contributed by atoms with Gasteiger partial charge in [-0.2, -0.15) is 0 Å². The second kappa shape index (κ2) is 12.4. The molecular weight excluding hydrogens is 412 g/mol. The molecule has 2 N–H and O–H groups in total. The number of aldehydes is 1. The summed E-state index contributed by atoms with van der Waals surface area (Å²) in [5, 5.41) is 18.5. The molecule has 0 unspecified atom stereocenters. The molecule has 174 valence electrons. The van der Waals surface area contributed by atoms with Crippen LogP contribution in [0.25, 0.3) is 0 Å². The molecule has 0 aromatic heterocycles. The minimum Gasteiger partial charge on any atom is -0.480 e. The second-order valence-electron chi connectivity index (χ2n) is 7.75. The molecule has 0 spiro atoms. The molecule has 2 aliphatic rings. The van der Waals surface area contributed by atoms with Crippen LogP contribution in [0.2, 0.25) is 0 Å². The predicted octanol–water partition coefficient (Wildman–Crippen LogP) is -2.19. The molecule has 0 aliphatic carbocycles. The van der Waals surface area contributed by atoms with Gasteiger partial charge < -0.3 is 19.7 Å². The number of hydrogen-bond acceptors (Lipinski definition) is 10. The Hall–Kier alpha value is -2.41. The summed E-state index contributed by atoms with van der Waals surface area (Å²) in [6, 6.07) is -0.374. The minimum atomic E-state index is -0.968. The van der Waals surface area contributed by atoms with Crippen molar-refractivity contribution in [1.82, 2.24) is 19.6 Å². The molecule has 0 amide bonds. The summed E-state index contributed by atoms with van der Waals surface area (Å²) < 4.78 is 4.61. The van der Waals surface area contributed by atoms with Crippen molar-refractivity contribution in [3.05, 3.63) is 0 Å². The highest BCUT2D eigenvalue weighted by Gasteiger charge is 2.32. The van der Waals surface area contributed by atoms with Gasteiger partial charge in [-0.1, -0.05) is 0 Å². The first-order valence-electron chi connectivity index (χ1n) is 10.3. The van der Waals surface area contributed by atoms with E-state index in [2.05, 4.69) is 4.74 Å². The van der Waals surface area contributed by atoms with Crippen LogP contribution in [0.3, 0.4) is 0 Å². The lowest BCUT2D eigenvalue weighted by Gasteiger charge is -2.37. The van der Waals surface area contributed by atoms with Gasteiger partial charge in [-0.25, -0.2) is 0 Å². The molecule has 0 atom stereocenters. The zero-order chi connectivity index (χ0) is 22.8. The van der Waals surface area contributed by atoms with Gasteiger partial charge in [0.25, 0.3) is 0 Å². The Bertz CT molecular complexity index is 625. The fourth-order valence-electron chi connectivity index (χ4n) is 3.83. The third-order valence-electron chi connectivity index (χ3n) is 5.47. The first kappa shape index (κ1) is 24.9. The van der Waals surface area contributed by atoms with Gasteiger partial charge in [0.1, 0.15) is 6.29 Å². The van der Waals surface area contributed by atoms with Crippen molar-refractivity contribution in [3.63, 3.8) is 0 Å². The van der Waals surface area contributed by atoms with E-state index in [4.69, 9.17) is 0 Å². The summed E-state index contributed by atoms with van der Waals surface area (Å²) >= 11 is 0. The molecule has 31 heavy (non-hydrogen) atoms. The van der Waals surface area contributed by atoms with Crippen LogP contribution >= 0.6 is 0 Å². The van der Waals surface area contributed by atoms with Crippen molar-refractivity contribution < 1.29 is 38.9 Å². The number of carboxylic acid groups (broad SMARTS) is 2. The maximum atomic E-state index is 11.7. The van der Waals surface area contributed by atoms with Gasteiger partial charge in [0.05, 0.1) is 32.5 Å². The number of cyclic esters (lactones) is 2. The Kier molecular flexibility index (Phi) is 9.98. The molecule has 0 saturated carbocycles. The monoisotopic (exact) mass is 442 g/mol. The van der Waals surface area contributed by atoms with E-state index in [1.54, 1.807) is 9.80 Å². The molecule has 0 aromatic carbocycles. The Morgan fingerprint density at radius 1 is 0.806 bits per heavy atom. The Morgan fingerprint density at radius 2 is 1.23 bits per heavy atom. The number of esters is 2. The van der Waals surface area contributed by atoms with Crippen molar-refractivity contribution >= 4 is 30.2 Å². The number of aliphatic carboxylic acids is 2. The standard InChI is InChI=1S/C19H30N4O8/c24-10-9-20-1-3-21(13-16(25)26)5-7-23(15-11-18(29)31-19(30)12-15)8-6-22(4-2-20)14-17(27)28/h10,15H,1-9,11-14H2,(H,25,26)(H,27,28). The number of hydrogen-bond donors (Lipinski definition) is 2. The number of carboxylic acids is 2. The summed E-state index contributed by atoms with van der Waals surface area (Å²) in [5.41, 5.74) is 0. The molecule has 12 nitrogen and oxygen atoms in total. The molecule has 0 bridgehead atoms. The third-order valence-corrected chi connectivity index (χ3v) is 5.47. The van der Waals surface area contributed by atoms with Crippen LogP contribution in [0.5, 0.6) is 0 Å². The molecule has 2 heterocycles. The fraction of sp³-hybridized carbons (Fsp3) is 0.737. The first-order chi connectivity index (χ1) is 14.8. The number of rotatable bonds is 7. The molecule has 0 aromatic rings. The third kappa shape index (κ3) is 9.09. The lowest BCUT2D eigenvalue weighted by molar-refractivity contribution is -0.166. The van der Waals surface area contributed by atoms with E-state index in [0.29, 0.717) is 52.4 Å². The zero-order valence-electron chi connectivity index (χ0n) is 17.5. The van der Waals surface area contributed by atoms with Crippen molar-refractivity contribution in [2.24, 2.45) is 0 Å². The number of carbonyl (C=O) groups is 5. The highest BCUT2D eigenvalue weighted by molar-refractivity contribution is 5.89. The van der Waals surface area contributed by atoms with Gasteiger partial charge in [-0.3, -0.25) is 38.8 Å². The van der Waals surface area contributed by atoms with Crippen LogP contribution in [-0.4, -0.2) is 138 Å². The molecule has 2 fully saturated rings. The molecule has 2 aliphatic heterocycles. The quantitative estimate of drug-likeness (QED) is 0.251. The van der Waals surface area contributed by atoms with E-state index in [-0.39, 0.29) is 38.5 Å². The second-order valence-corrected chi connectivity index (χ2v) is 7.75. The van der Waals surface area contributed by atoms with E-state index < -0.39 is 23.9 Å².